The summed E-state index contributed by atoms with van der Waals surface area (Å²) in [6.45, 7) is 5.26. The molecule has 0 saturated heterocycles. The van der Waals surface area contributed by atoms with E-state index in [1.54, 1.807) is 11.8 Å². The molecule has 0 aromatic carbocycles. The number of hydrogen-bond acceptors (Lipinski definition) is 4. The standard InChI is InChI=1S/C14H23N3S/c1-3-15-13(12-6-4-5-7-12)10-18-14-16-8-11(2)9-17-14/h8-9,12-13,15H,3-7,10H2,1-2H3. The molecular formula is C14H23N3S. The number of nitrogens with one attached hydrogen (secondary N) is 1. The van der Waals surface area contributed by atoms with E-state index in [1.807, 2.05) is 19.3 Å². The zero-order chi connectivity index (χ0) is 12.8. The Morgan fingerprint density at radius 2 is 2.00 bits per heavy atom. The van der Waals surface area contributed by atoms with E-state index in [0.29, 0.717) is 6.04 Å². The summed E-state index contributed by atoms with van der Waals surface area (Å²) in [4.78, 5) is 8.72. The quantitative estimate of drug-likeness (QED) is 0.634. The number of hydrogen-bond donors (Lipinski definition) is 1. The summed E-state index contributed by atoms with van der Waals surface area (Å²) in [5.41, 5.74) is 1.12. The highest BCUT2D eigenvalue weighted by Crippen LogP contribution is 2.30. The molecule has 2 rings (SSSR count). The van der Waals surface area contributed by atoms with Gasteiger partial charge in [-0.2, -0.15) is 0 Å². The first-order valence-corrected chi connectivity index (χ1v) is 7.93. The Kier molecular flexibility index (Phi) is 5.45. The molecule has 0 radical (unpaired) electrons. The van der Waals surface area contributed by atoms with Gasteiger partial charge in [-0.15, -0.1) is 0 Å². The molecule has 4 heteroatoms. The number of thioether (sulfide) groups is 1. The van der Waals surface area contributed by atoms with Crippen molar-refractivity contribution < 1.29 is 0 Å². The fraction of sp³-hybridized carbons (Fsp3) is 0.714. The van der Waals surface area contributed by atoms with Crippen LogP contribution in [0.15, 0.2) is 17.6 Å². The molecule has 1 aromatic heterocycles. The van der Waals surface area contributed by atoms with Gasteiger partial charge in [0.05, 0.1) is 0 Å². The molecule has 100 valence electrons. The van der Waals surface area contributed by atoms with Crippen LogP contribution in [0, 0.1) is 12.8 Å². The van der Waals surface area contributed by atoms with Gasteiger partial charge in [-0.05, 0) is 37.8 Å². The van der Waals surface area contributed by atoms with Crippen molar-refractivity contribution in [3.05, 3.63) is 18.0 Å². The minimum atomic E-state index is 0.618. The Morgan fingerprint density at radius 1 is 1.33 bits per heavy atom. The normalized spacial score (nSPS) is 18.1. The van der Waals surface area contributed by atoms with Gasteiger partial charge in [0.1, 0.15) is 0 Å². The van der Waals surface area contributed by atoms with E-state index in [2.05, 4.69) is 22.2 Å². The summed E-state index contributed by atoms with van der Waals surface area (Å²) < 4.78 is 0. The van der Waals surface area contributed by atoms with Crippen LogP contribution in [0.5, 0.6) is 0 Å². The van der Waals surface area contributed by atoms with Crippen LogP contribution < -0.4 is 5.32 Å². The van der Waals surface area contributed by atoms with Crippen molar-refractivity contribution in [2.45, 2.75) is 50.7 Å². The molecule has 1 atom stereocenters. The Labute approximate surface area is 114 Å². The minimum absolute atomic E-state index is 0.618. The Hall–Kier alpha value is -0.610. The molecule has 18 heavy (non-hydrogen) atoms. The molecule has 1 aromatic rings. The van der Waals surface area contributed by atoms with Gasteiger partial charge >= 0.3 is 0 Å². The van der Waals surface area contributed by atoms with Gasteiger partial charge in [0.15, 0.2) is 5.16 Å². The molecule has 3 nitrogen and oxygen atoms in total. The Bertz CT molecular complexity index is 347. The largest absolute Gasteiger partial charge is 0.313 e. The van der Waals surface area contributed by atoms with E-state index in [9.17, 15) is 0 Å². The second-order valence-electron chi connectivity index (χ2n) is 5.06. The van der Waals surface area contributed by atoms with Crippen molar-refractivity contribution in [2.24, 2.45) is 5.92 Å². The van der Waals surface area contributed by atoms with Crippen LogP contribution in [0.25, 0.3) is 0 Å². The first kappa shape index (κ1) is 13.8. The number of nitrogens with zero attached hydrogens (tertiary/aromatic N) is 2. The molecular weight excluding hydrogens is 242 g/mol. The van der Waals surface area contributed by atoms with Crippen LogP contribution in [0.1, 0.15) is 38.2 Å². The molecule has 1 aliphatic rings. The zero-order valence-electron chi connectivity index (χ0n) is 11.4. The van der Waals surface area contributed by atoms with Crippen molar-refractivity contribution in [1.29, 1.82) is 0 Å². The van der Waals surface area contributed by atoms with Gasteiger partial charge in [0, 0.05) is 24.2 Å². The number of aromatic nitrogens is 2. The van der Waals surface area contributed by atoms with E-state index in [4.69, 9.17) is 0 Å². The lowest BCUT2D eigenvalue weighted by Crippen LogP contribution is -2.37. The van der Waals surface area contributed by atoms with Gasteiger partial charge in [0.25, 0.3) is 0 Å². The van der Waals surface area contributed by atoms with Crippen molar-refractivity contribution in [2.75, 3.05) is 12.3 Å². The fourth-order valence-electron chi connectivity index (χ4n) is 2.60. The van der Waals surface area contributed by atoms with Gasteiger partial charge < -0.3 is 5.32 Å². The van der Waals surface area contributed by atoms with E-state index in [1.165, 1.54) is 25.7 Å². The van der Waals surface area contributed by atoms with E-state index >= 15 is 0 Å². The molecule has 0 aliphatic heterocycles. The highest BCUT2D eigenvalue weighted by Gasteiger charge is 2.24. The number of aryl methyl sites for hydroxylation is 1. The predicted octanol–water partition coefficient (Wildman–Crippen LogP) is 3.05. The van der Waals surface area contributed by atoms with Crippen LogP contribution >= 0.6 is 11.8 Å². The smallest absolute Gasteiger partial charge is 0.187 e. The van der Waals surface area contributed by atoms with Crippen molar-refractivity contribution in [1.82, 2.24) is 15.3 Å². The Morgan fingerprint density at radius 3 is 2.61 bits per heavy atom. The lowest BCUT2D eigenvalue weighted by atomic mass is 10.00. The van der Waals surface area contributed by atoms with Gasteiger partial charge in [-0.1, -0.05) is 31.5 Å². The van der Waals surface area contributed by atoms with Crippen molar-refractivity contribution in [3.8, 4) is 0 Å². The summed E-state index contributed by atoms with van der Waals surface area (Å²) in [6, 6.07) is 0.618. The minimum Gasteiger partial charge on any atom is -0.313 e. The SMILES string of the molecule is CCNC(CSc1ncc(C)cn1)C1CCCC1. The fourth-order valence-corrected chi connectivity index (χ4v) is 3.58. The maximum absolute atomic E-state index is 4.36. The van der Waals surface area contributed by atoms with E-state index in [-0.39, 0.29) is 0 Å². The highest BCUT2D eigenvalue weighted by molar-refractivity contribution is 7.99. The van der Waals surface area contributed by atoms with Crippen molar-refractivity contribution >= 4 is 11.8 Å². The summed E-state index contributed by atoms with van der Waals surface area (Å²) in [5, 5.41) is 4.53. The Balaban J connectivity index is 1.86. The lowest BCUT2D eigenvalue weighted by Gasteiger charge is -2.23. The van der Waals surface area contributed by atoms with Crippen LogP contribution in [0.2, 0.25) is 0 Å². The van der Waals surface area contributed by atoms with Crippen LogP contribution in [0.4, 0.5) is 0 Å². The second kappa shape index (κ2) is 7.10. The second-order valence-corrected chi connectivity index (χ2v) is 6.05. The molecule has 1 aliphatic carbocycles. The third-order valence-corrected chi connectivity index (χ3v) is 4.58. The van der Waals surface area contributed by atoms with Crippen molar-refractivity contribution in [3.63, 3.8) is 0 Å². The molecule has 1 N–H and O–H groups in total. The van der Waals surface area contributed by atoms with Gasteiger partial charge in [-0.25, -0.2) is 9.97 Å². The highest BCUT2D eigenvalue weighted by atomic mass is 32.2. The summed E-state index contributed by atoms with van der Waals surface area (Å²) in [5.74, 6) is 1.93. The van der Waals surface area contributed by atoms with Crippen LogP contribution in [0.3, 0.4) is 0 Å². The third-order valence-electron chi connectivity index (χ3n) is 3.58. The summed E-state index contributed by atoms with van der Waals surface area (Å²) in [7, 11) is 0. The average Bonchev–Trinajstić information content (AvgIpc) is 2.90. The maximum Gasteiger partial charge on any atom is 0.187 e. The molecule has 1 saturated carbocycles. The topological polar surface area (TPSA) is 37.8 Å². The molecule has 0 spiro atoms. The van der Waals surface area contributed by atoms with E-state index in [0.717, 1.165) is 28.9 Å². The molecule has 0 amide bonds. The zero-order valence-corrected chi connectivity index (χ0v) is 12.2. The third kappa shape index (κ3) is 3.95. The first-order chi connectivity index (χ1) is 8.79. The lowest BCUT2D eigenvalue weighted by molar-refractivity contribution is 0.394. The first-order valence-electron chi connectivity index (χ1n) is 6.94. The van der Waals surface area contributed by atoms with E-state index < -0.39 is 0 Å². The predicted molar refractivity (Wildman–Crippen MR) is 76.9 cm³/mol. The summed E-state index contributed by atoms with van der Waals surface area (Å²) in [6.07, 6.45) is 9.36. The molecule has 1 fully saturated rings. The van der Waals surface area contributed by atoms with Crippen LogP contribution in [-0.2, 0) is 0 Å². The average molecular weight is 265 g/mol. The molecule has 1 heterocycles. The van der Waals surface area contributed by atoms with Gasteiger partial charge in [0.2, 0.25) is 0 Å². The molecule has 0 bridgehead atoms. The number of rotatable bonds is 6. The summed E-state index contributed by atoms with van der Waals surface area (Å²) >= 11 is 1.78. The van der Waals surface area contributed by atoms with Gasteiger partial charge in [-0.3, -0.25) is 0 Å². The maximum atomic E-state index is 4.36. The van der Waals surface area contributed by atoms with Crippen LogP contribution in [-0.4, -0.2) is 28.3 Å². The monoisotopic (exact) mass is 265 g/mol. The molecule has 1 unspecified atom stereocenters.